The number of carbonyl (C=O) groups is 2. The Bertz CT molecular complexity index is 508. The van der Waals surface area contributed by atoms with E-state index in [0.29, 0.717) is 16.3 Å². The zero-order valence-corrected chi connectivity index (χ0v) is 10.8. The highest BCUT2D eigenvalue weighted by Crippen LogP contribution is 2.30. The molecule has 2 N–H and O–H groups in total. The molecule has 0 saturated heterocycles. The number of benzene rings is 1. The van der Waals surface area contributed by atoms with Crippen molar-refractivity contribution in [1.82, 2.24) is 0 Å². The van der Waals surface area contributed by atoms with Crippen LogP contribution in [0.4, 0.5) is 0 Å². The van der Waals surface area contributed by atoms with E-state index in [1.165, 1.54) is 13.2 Å². The Balaban J connectivity index is 3.02. The van der Waals surface area contributed by atoms with Crippen LogP contribution < -0.4 is 9.47 Å². The molecule has 0 heterocycles. The molecule has 6 nitrogen and oxygen atoms in total. The molecule has 0 radical (unpaired) electrons. The third-order valence-corrected chi connectivity index (χ3v) is 2.44. The van der Waals surface area contributed by atoms with Gasteiger partial charge in [0.2, 0.25) is 5.76 Å². The summed E-state index contributed by atoms with van der Waals surface area (Å²) in [6.45, 7) is 0. The van der Waals surface area contributed by atoms with Crippen molar-refractivity contribution in [2.45, 2.75) is 0 Å². The molecular formula is C11H9BrO6. The van der Waals surface area contributed by atoms with Gasteiger partial charge in [-0.1, -0.05) is 0 Å². The van der Waals surface area contributed by atoms with Crippen molar-refractivity contribution in [3.8, 4) is 11.5 Å². The van der Waals surface area contributed by atoms with Gasteiger partial charge in [0.1, 0.15) is 11.5 Å². The number of carboxylic acid groups (broad SMARTS) is 2. The van der Waals surface area contributed by atoms with Gasteiger partial charge in [-0.15, -0.1) is 0 Å². The van der Waals surface area contributed by atoms with Crippen LogP contribution in [0.25, 0.3) is 0 Å². The van der Waals surface area contributed by atoms with Crippen molar-refractivity contribution in [3.05, 3.63) is 34.5 Å². The molecular weight excluding hydrogens is 308 g/mol. The van der Waals surface area contributed by atoms with Crippen molar-refractivity contribution in [2.24, 2.45) is 0 Å². The number of methoxy groups -OCH3 is 1. The first-order valence-corrected chi connectivity index (χ1v) is 5.42. The van der Waals surface area contributed by atoms with E-state index < -0.39 is 17.7 Å². The van der Waals surface area contributed by atoms with E-state index in [4.69, 9.17) is 19.7 Å². The molecule has 0 aliphatic heterocycles. The van der Waals surface area contributed by atoms with Gasteiger partial charge in [0.25, 0.3) is 0 Å². The van der Waals surface area contributed by atoms with Gasteiger partial charge in [-0.3, -0.25) is 0 Å². The second-order valence-corrected chi connectivity index (χ2v) is 3.90. The first-order chi connectivity index (χ1) is 8.43. The monoisotopic (exact) mass is 316 g/mol. The van der Waals surface area contributed by atoms with Crippen molar-refractivity contribution in [3.63, 3.8) is 0 Å². The summed E-state index contributed by atoms with van der Waals surface area (Å²) >= 11 is 3.16. The Morgan fingerprint density at radius 1 is 1.33 bits per heavy atom. The number of hydrogen-bond acceptors (Lipinski definition) is 4. The van der Waals surface area contributed by atoms with Crippen molar-refractivity contribution in [2.75, 3.05) is 7.11 Å². The number of aliphatic carboxylic acids is 2. The highest BCUT2D eigenvalue weighted by molar-refractivity contribution is 9.10. The zero-order valence-electron chi connectivity index (χ0n) is 9.21. The molecule has 0 saturated carbocycles. The Labute approximate surface area is 111 Å². The van der Waals surface area contributed by atoms with Gasteiger partial charge in [-0.25, -0.2) is 9.59 Å². The highest BCUT2D eigenvalue weighted by atomic mass is 79.9. The standard InChI is InChI=1S/C11H9BrO6/c1-17-6-2-3-8(7(12)4-6)18-9(11(15)16)5-10(13)14/h2-5H,1H3,(H,13,14)(H,15,16). The molecule has 18 heavy (non-hydrogen) atoms. The Morgan fingerprint density at radius 2 is 2.00 bits per heavy atom. The summed E-state index contributed by atoms with van der Waals surface area (Å²) in [5.41, 5.74) is 0. The maximum Gasteiger partial charge on any atom is 0.372 e. The second kappa shape index (κ2) is 6.06. The third-order valence-electron chi connectivity index (χ3n) is 1.82. The first kappa shape index (κ1) is 14.0. The van der Waals surface area contributed by atoms with Gasteiger partial charge in [-0.2, -0.15) is 0 Å². The van der Waals surface area contributed by atoms with Crippen molar-refractivity contribution >= 4 is 27.9 Å². The smallest absolute Gasteiger partial charge is 0.372 e. The van der Waals surface area contributed by atoms with Crippen LogP contribution in [-0.4, -0.2) is 29.3 Å². The Kier molecular flexibility index (Phi) is 4.73. The van der Waals surface area contributed by atoms with Gasteiger partial charge in [-0.05, 0) is 34.1 Å². The molecule has 0 fully saturated rings. The normalized spacial score (nSPS) is 10.9. The van der Waals surface area contributed by atoms with Crippen LogP contribution in [0.2, 0.25) is 0 Å². The lowest BCUT2D eigenvalue weighted by molar-refractivity contribution is -0.137. The van der Waals surface area contributed by atoms with Crippen LogP contribution in [0.3, 0.4) is 0 Å². The SMILES string of the molecule is COc1ccc(OC(=CC(=O)O)C(=O)O)c(Br)c1. The van der Waals surface area contributed by atoms with Crippen LogP contribution in [-0.2, 0) is 9.59 Å². The number of hydrogen-bond donors (Lipinski definition) is 2. The predicted octanol–water partition coefficient (Wildman–Crippen LogP) is 1.89. The molecule has 96 valence electrons. The molecule has 0 amide bonds. The summed E-state index contributed by atoms with van der Waals surface area (Å²) < 4.78 is 10.4. The van der Waals surface area contributed by atoms with E-state index in [1.807, 2.05) is 0 Å². The fourth-order valence-electron chi connectivity index (χ4n) is 1.06. The van der Waals surface area contributed by atoms with E-state index >= 15 is 0 Å². The number of rotatable bonds is 5. The van der Waals surface area contributed by atoms with Crippen LogP contribution in [0.5, 0.6) is 11.5 Å². The Morgan fingerprint density at radius 3 is 2.44 bits per heavy atom. The lowest BCUT2D eigenvalue weighted by Gasteiger charge is -2.08. The molecule has 0 aliphatic rings. The average Bonchev–Trinajstić information content (AvgIpc) is 2.29. The lowest BCUT2D eigenvalue weighted by atomic mass is 10.3. The predicted molar refractivity (Wildman–Crippen MR) is 64.7 cm³/mol. The summed E-state index contributed by atoms with van der Waals surface area (Å²) in [6, 6.07) is 4.58. The van der Waals surface area contributed by atoms with Gasteiger partial charge >= 0.3 is 11.9 Å². The minimum Gasteiger partial charge on any atom is -0.497 e. The van der Waals surface area contributed by atoms with Crippen LogP contribution >= 0.6 is 15.9 Å². The number of carboxylic acids is 2. The van der Waals surface area contributed by atoms with Crippen LogP contribution in [0, 0.1) is 0 Å². The van der Waals surface area contributed by atoms with Crippen LogP contribution in [0.1, 0.15) is 0 Å². The summed E-state index contributed by atoms with van der Waals surface area (Å²) in [7, 11) is 1.48. The van der Waals surface area contributed by atoms with E-state index in [2.05, 4.69) is 15.9 Å². The molecule has 1 rings (SSSR count). The fourth-order valence-corrected chi connectivity index (χ4v) is 1.50. The average molecular weight is 317 g/mol. The topological polar surface area (TPSA) is 93.1 Å². The van der Waals surface area contributed by atoms with Gasteiger partial charge in [0, 0.05) is 0 Å². The maximum atomic E-state index is 10.8. The van der Waals surface area contributed by atoms with Crippen LogP contribution in [0.15, 0.2) is 34.5 Å². The summed E-state index contributed by atoms with van der Waals surface area (Å²) in [6.07, 6.45) is 0.471. The van der Waals surface area contributed by atoms with Crippen molar-refractivity contribution in [1.29, 1.82) is 0 Å². The maximum absolute atomic E-state index is 10.8. The number of halogens is 1. The minimum absolute atomic E-state index is 0.172. The third kappa shape index (κ3) is 3.77. The van der Waals surface area contributed by atoms with E-state index in [0.717, 1.165) is 0 Å². The van der Waals surface area contributed by atoms with E-state index in [9.17, 15) is 9.59 Å². The van der Waals surface area contributed by atoms with Crippen molar-refractivity contribution < 1.29 is 29.3 Å². The fraction of sp³-hybridized carbons (Fsp3) is 0.0909. The van der Waals surface area contributed by atoms with E-state index in [1.54, 1.807) is 12.1 Å². The first-order valence-electron chi connectivity index (χ1n) is 4.63. The Hall–Kier alpha value is -2.02. The molecule has 0 aromatic heterocycles. The molecule has 7 heteroatoms. The highest BCUT2D eigenvalue weighted by Gasteiger charge is 2.14. The molecule has 0 unspecified atom stereocenters. The van der Waals surface area contributed by atoms with Gasteiger partial charge in [0.15, 0.2) is 0 Å². The zero-order chi connectivity index (χ0) is 13.7. The summed E-state index contributed by atoms with van der Waals surface area (Å²) in [5, 5.41) is 17.3. The van der Waals surface area contributed by atoms with Gasteiger partial charge in [0.05, 0.1) is 17.7 Å². The largest absolute Gasteiger partial charge is 0.497 e. The van der Waals surface area contributed by atoms with Gasteiger partial charge < -0.3 is 19.7 Å². The minimum atomic E-state index is -1.47. The molecule has 1 aromatic carbocycles. The molecule has 1 aromatic rings. The quantitative estimate of drug-likeness (QED) is 0.636. The summed E-state index contributed by atoms with van der Waals surface area (Å²) in [4.78, 5) is 21.2. The van der Waals surface area contributed by atoms with E-state index in [-0.39, 0.29) is 5.75 Å². The molecule has 0 bridgehead atoms. The molecule has 0 spiro atoms. The summed E-state index contributed by atoms with van der Waals surface area (Å²) in [5.74, 6) is -2.84. The number of ether oxygens (including phenoxy) is 2. The molecule has 0 aliphatic carbocycles. The lowest BCUT2D eigenvalue weighted by Crippen LogP contribution is -2.10. The second-order valence-electron chi connectivity index (χ2n) is 3.05. The molecule has 0 atom stereocenters.